The first-order valence-corrected chi connectivity index (χ1v) is 20.8. The summed E-state index contributed by atoms with van der Waals surface area (Å²) in [7, 11) is -8.26. The number of benzene rings is 3. The van der Waals surface area contributed by atoms with Gasteiger partial charge in [-0.2, -0.15) is 0 Å². The minimum absolute atomic E-state index is 0.185. The molecule has 17 heteroatoms. The Kier molecular flexibility index (Phi) is 9.42. The molecule has 6 aliphatic heterocycles. The maximum absolute atomic E-state index is 14.0. The molecule has 2 amide bonds. The van der Waals surface area contributed by atoms with Crippen molar-refractivity contribution < 1.29 is 55.0 Å². The standard InChI is InChI=1S/C31H37N5O7S.C6H6O3S/c1-18-22(29(31(40)41)34-28(18)26(19(2)37)30(34)39)16-33-23-5-3-4-21-20(6-7-24(27(21)23)44(33,42)43)8-9-35-10-13-36(14-11-35,15-12-35)17-25(32)38;7-10(8,9)6-4-2-1-3-5-6/h3-7,18-19,26,28,37H,8-17H2,1-2H3,(H-2,32,38,40,41);1-5H,(H,7,8,9)/t18-,19+,26+,28+,35?,36?;/m0./s1. The Morgan fingerprint density at radius 1 is 0.981 bits per heavy atom. The number of fused-ring (bicyclic) bond motifs is 4. The van der Waals surface area contributed by atoms with E-state index in [0.717, 1.165) is 77.0 Å². The van der Waals surface area contributed by atoms with E-state index in [0.29, 0.717) is 23.2 Å². The molecule has 0 aromatic heterocycles. The van der Waals surface area contributed by atoms with Gasteiger partial charge in [0.05, 0.1) is 58.3 Å². The summed E-state index contributed by atoms with van der Waals surface area (Å²) in [5, 5.41) is 23.9. The summed E-state index contributed by atoms with van der Waals surface area (Å²) in [5.41, 5.74) is 7.08. The first-order chi connectivity index (χ1) is 25.4. The van der Waals surface area contributed by atoms with Gasteiger partial charge >= 0.3 is 0 Å². The average Bonchev–Trinajstić information content (AvgIpc) is 3.49. The van der Waals surface area contributed by atoms with Crippen LogP contribution >= 0.6 is 0 Å². The summed E-state index contributed by atoms with van der Waals surface area (Å²) >= 11 is 0. The molecule has 3 aromatic rings. The highest BCUT2D eigenvalue weighted by Gasteiger charge is 2.59. The molecule has 0 unspecified atom stereocenters. The predicted octanol–water partition coefficient (Wildman–Crippen LogP) is -0.511. The van der Waals surface area contributed by atoms with Gasteiger partial charge in [-0.3, -0.25) is 13.9 Å². The maximum Gasteiger partial charge on any atom is 0.272 e. The highest BCUT2D eigenvalue weighted by Crippen LogP contribution is 2.50. The molecule has 0 radical (unpaired) electrons. The molecular formula is C37H43N5O10S2. The lowest BCUT2D eigenvalue weighted by Crippen LogP contribution is -2.76. The number of hydrogen-bond acceptors (Lipinski definition) is 10. The molecule has 4 atom stereocenters. The Morgan fingerprint density at radius 3 is 2.17 bits per heavy atom. The van der Waals surface area contributed by atoms with Crippen LogP contribution in [0.5, 0.6) is 0 Å². The van der Waals surface area contributed by atoms with E-state index in [1.54, 1.807) is 25.1 Å². The molecule has 0 spiro atoms. The summed E-state index contributed by atoms with van der Waals surface area (Å²) in [5.74, 6) is -3.50. The molecule has 3 N–H and O–H groups in total. The number of carboxylic acids is 1. The molecule has 54 heavy (non-hydrogen) atoms. The van der Waals surface area contributed by atoms with Gasteiger partial charge in [0.25, 0.3) is 15.9 Å². The van der Waals surface area contributed by atoms with E-state index in [4.69, 9.17) is 5.73 Å². The van der Waals surface area contributed by atoms with Gasteiger partial charge in [0.15, 0.2) is 6.54 Å². The van der Waals surface area contributed by atoms with Crippen molar-refractivity contribution in [3.63, 3.8) is 0 Å². The molecule has 15 nitrogen and oxygen atoms in total. The van der Waals surface area contributed by atoms with E-state index in [2.05, 4.69) is 0 Å². The zero-order valence-electron chi connectivity index (χ0n) is 30.0. The molecule has 6 heterocycles. The summed E-state index contributed by atoms with van der Waals surface area (Å²) in [6, 6.07) is 15.7. The maximum atomic E-state index is 14.0. The van der Waals surface area contributed by atoms with E-state index in [1.165, 1.54) is 35.5 Å². The van der Waals surface area contributed by atoms with Crippen LogP contribution in [0.2, 0.25) is 0 Å². The number of primary amides is 1. The summed E-state index contributed by atoms with van der Waals surface area (Å²) in [4.78, 5) is 37.8. The Balaban J connectivity index is 0.000000392. The number of aliphatic hydroxyl groups is 1. The Labute approximate surface area is 313 Å². The number of quaternary nitrogens is 2. The third kappa shape index (κ3) is 6.25. The number of carbonyl (C=O) groups excluding carboxylic acids is 3. The largest absolute Gasteiger partial charge is 0.744 e. The van der Waals surface area contributed by atoms with Gasteiger partial charge < -0.3 is 39.2 Å². The van der Waals surface area contributed by atoms with Crippen LogP contribution in [0, 0.1) is 11.8 Å². The van der Waals surface area contributed by atoms with E-state index in [1.807, 2.05) is 18.2 Å². The van der Waals surface area contributed by atoms with Crippen LogP contribution in [-0.4, -0.2) is 129 Å². The number of nitrogens with zero attached hydrogens (tertiary/aromatic N) is 4. The number of piperazine rings is 3. The minimum Gasteiger partial charge on any atom is -0.744 e. The summed E-state index contributed by atoms with van der Waals surface area (Å²) in [6.07, 6.45) is -0.190. The Bertz CT molecular complexity index is 2290. The molecule has 2 bridgehead atoms. The minimum atomic E-state index is -4.25. The van der Waals surface area contributed by atoms with Gasteiger partial charge in [0.2, 0.25) is 5.91 Å². The number of hydrogen-bond donors (Lipinski definition) is 2. The van der Waals surface area contributed by atoms with Gasteiger partial charge in [0.1, 0.15) is 49.4 Å². The van der Waals surface area contributed by atoms with E-state index in [9.17, 15) is 46.0 Å². The highest BCUT2D eigenvalue weighted by atomic mass is 32.2. The average molecular weight is 782 g/mol. The summed E-state index contributed by atoms with van der Waals surface area (Å²) in [6.45, 7) is 10.1. The van der Waals surface area contributed by atoms with Crippen molar-refractivity contribution in [2.75, 3.05) is 63.2 Å². The van der Waals surface area contributed by atoms with Crippen molar-refractivity contribution in [2.24, 2.45) is 17.6 Å². The van der Waals surface area contributed by atoms with Crippen LogP contribution in [0.15, 0.2) is 81.7 Å². The number of amides is 2. The molecule has 6 aliphatic rings. The van der Waals surface area contributed by atoms with Gasteiger partial charge in [-0.05, 0) is 47.7 Å². The van der Waals surface area contributed by atoms with Gasteiger partial charge in [-0.15, -0.1) is 0 Å². The van der Waals surface area contributed by atoms with Crippen molar-refractivity contribution in [3.8, 4) is 0 Å². The Morgan fingerprint density at radius 2 is 1.61 bits per heavy atom. The third-order valence-electron chi connectivity index (χ3n) is 12.3. The van der Waals surface area contributed by atoms with Gasteiger partial charge in [-0.1, -0.05) is 43.3 Å². The lowest BCUT2D eigenvalue weighted by Gasteiger charge is -2.55. The SMILES string of the molecule is C[C@@H](O)[C@H]1C(=O)N2C(C(=O)[O-])=C(CN3c4cccc5c(CC[N+]67CC[N+](CC(N)=O)(CC6)CC7)ccc(c45)S3(=O)=O)[C@H](C)[C@H]12.O=S(=O)([O-])c1ccccc1. The van der Waals surface area contributed by atoms with Crippen molar-refractivity contribution in [1.29, 1.82) is 0 Å². The van der Waals surface area contributed by atoms with Crippen LogP contribution in [0.4, 0.5) is 5.69 Å². The van der Waals surface area contributed by atoms with Gasteiger partial charge in [-0.25, -0.2) is 16.8 Å². The zero-order chi connectivity index (χ0) is 39.0. The van der Waals surface area contributed by atoms with Crippen LogP contribution in [-0.2, 0) is 40.9 Å². The van der Waals surface area contributed by atoms with Crippen molar-refractivity contribution in [3.05, 3.63) is 77.5 Å². The topological polar surface area (TPSA) is 218 Å². The van der Waals surface area contributed by atoms with Crippen LogP contribution in [0.1, 0.15) is 19.4 Å². The molecule has 0 aliphatic carbocycles. The van der Waals surface area contributed by atoms with Crippen LogP contribution in [0.3, 0.4) is 0 Å². The number of carbonyl (C=O) groups is 3. The monoisotopic (exact) mass is 781 g/mol. The number of carboxylic acid groups (broad SMARTS) is 1. The second-order valence-electron chi connectivity index (χ2n) is 15.2. The summed E-state index contributed by atoms with van der Waals surface area (Å²) < 4.78 is 61.8. The molecule has 4 saturated heterocycles. The number of aliphatic hydroxyl groups excluding tert-OH is 1. The first kappa shape index (κ1) is 37.9. The van der Waals surface area contributed by atoms with E-state index in [-0.39, 0.29) is 27.9 Å². The number of nitrogens with two attached hydrogens (primary N) is 1. The molecule has 9 rings (SSSR count). The predicted molar refractivity (Wildman–Crippen MR) is 192 cm³/mol. The third-order valence-corrected chi connectivity index (χ3v) is 14.9. The lowest BCUT2D eigenvalue weighted by molar-refractivity contribution is -1.08. The molecule has 4 fully saturated rings. The van der Waals surface area contributed by atoms with Gasteiger partial charge in [0, 0.05) is 17.7 Å². The smallest absolute Gasteiger partial charge is 0.272 e. The normalized spacial score (nSPS) is 28.4. The fourth-order valence-electron chi connectivity index (χ4n) is 9.26. The number of rotatable bonds is 10. The number of sulfonamides is 1. The zero-order valence-corrected chi connectivity index (χ0v) is 31.6. The second kappa shape index (κ2) is 13.4. The van der Waals surface area contributed by atoms with Crippen molar-refractivity contribution in [2.45, 2.75) is 42.2 Å². The molecular weight excluding hydrogens is 739 g/mol. The number of aliphatic carboxylic acids is 1. The first-order valence-electron chi connectivity index (χ1n) is 17.9. The fraction of sp³-hybridized carbons (Fsp3) is 0.432. The Hall–Kier alpha value is -4.39. The molecule has 3 aromatic carbocycles. The number of β-lactam (4-membered cyclic amide) rings is 1. The fourth-order valence-corrected chi connectivity index (χ4v) is 11.4. The highest BCUT2D eigenvalue weighted by molar-refractivity contribution is 7.93. The molecule has 0 saturated carbocycles. The second-order valence-corrected chi connectivity index (χ2v) is 18.4. The number of anilines is 1. The van der Waals surface area contributed by atoms with Crippen LogP contribution < -0.4 is 15.1 Å². The van der Waals surface area contributed by atoms with Crippen molar-refractivity contribution >= 4 is 54.4 Å². The van der Waals surface area contributed by atoms with Crippen molar-refractivity contribution in [1.82, 2.24) is 4.90 Å². The molecule has 288 valence electrons. The van der Waals surface area contributed by atoms with E-state index < -0.39 is 56.0 Å². The lowest BCUT2D eigenvalue weighted by atomic mass is 9.78. The van der Waals surface area contributed by atoms with E-state index >= 15 is 0 Å². The van der Waals surface area contributed by atoms with Crippen LogP contribution in [0.25, 0.3) is 10.8 Å². The quantitative estimate of drug-likeness (QED) is 0.153.